The lowest BCUT2D eigenvalue weighted by atomic mass is 9.86. The molecule has 0 saturated heterocycles. The quantitative estimate of drug-likeness (QED) is 0.841. The number of nitrogens with zero attached hydrogens (tertiary/aromatic N) is 1. The monoisotopic (exact) mass is 214 g/mol. The Hall–Kier alpha value is -1.33. The van der Waals surface area contributed by atoms with Gasteiger partial charge in [0, 0.05) is 6.54 Å². The van der Waals surface area contributed by atoms with Crippen LogP contribution < -0.4 is 5.73 Å². The second-order valence-electron chi connectivity index (χ2n) is 4.60. The molecule has 1 aliphatic carbocycles. The summed E-state index contributed by atoms with van der Waals surface area (Å²) in [6, 6.07) is 10.7. The molecule has 2 heteroatoms. The van der Waals surface area contributed by atoms with Crippen molar-refractivity contribution >= 4 is 0 Å². The van der Waals surface area contributed by atoms with Crippen molar-refractivity contribution in [2.75, 3.05) is 0 Å². The number of nitrogens with two attached hydrogens (primary N) is 1. The molecule has 2 N–H and O–H groups in total. The molecule has 1 unspecified atom stereocenters. The lowest BCUT2D eigenvalue weighted by molar-refractivity contribution is 0.501. The van der Waals surface area contributed by atoms with Crippen molar-refractivity contribution in [1.82, 2.24) is 0 Å². The van der Waals surface area contributed by atoms with Crippen LogP contribution in [0.2, 0.25) is 0 Å². The van der Waals surface area contributed by atoms with Crippen molar-refractivity contribution in [2.45, 2.75) is 38.1 Å². The van der Waals surface area contributed by atoms with Gasteiger partial charge in [-0.1, -0.05) is 37.1 Å². The standard InChI is InChI=1S/C14H18N2/c15-9-11-5-7-13(8-6-11)14(10-16)12-3-1-2-4-12/h5-8,12,14H,1-4,9,15H2. The third kappa shape index (κ3) is 2.25. The molecule has 0 spiro atoms. The maximum absolute atomic E-state index is 9.29. The highest BCUT2D eigenvalue weighted by Crippen LogP contribution is 2.36. The summed E-state index contributed by atoms with van der Waals surface area (Å²) in [6.07, 6.45) is 4.97. The Kier molecular flexibility index (Phi) is 3.58. The third-order valence-corrected chi connectivity index (χ3v) is 3.58. The van der Waals surface area contributed by atoms with Crippen LogP contribution in [-0.2, 0) is 6.54 Å². The van der Waals surface area contributed by atoms with Gasteiger partial charge in [-0.2, -0.15) is 5.26 Å². The van der Waals surface area contributed by atoms with Gasteiger partial charge >= 0.3 is 0 Å². The molecule has 1 aromatic carbocycles. The van der Waals surface area contributed by atoms with E-state index < -0.39 is 0 Å². The normalized spacial score (nSPS) is 18.2. The van der Waals surface area contributed by atoms with E-state index in [1.165, 1.54) is 25.7 Å². The first-order valence-electron chi connectivity index (χ1n) is 6.03. The molecule has 84 valence electrons. The highest BCUT2D eigenvalue weighted by molar-refractivity contribution is 5.29. The molecule has 0 aromatic heterocycles. The molecular formula is C14H18N2. The van der Waals surface area contributed by atoms with Gasteiger partial charge in [0.2, 0.25) is 0 Å². The summed E-state index contributed by atoms with van der Waals surface area (Å²) in [5, 5.41) is 9.29. The second-order valence-corrected chi connectivity index (χ2v) is 4.60. The summed E-state index contributed by atoms with van der Waals surface area (Å²) in [6.45, 7) is 0.570. The fraction of sp³-hybridized carbons (Fsp3) is 0.500. The maximum Gasteiger partial charge on any atom is 0.0740 e. The van der Waals surface area contributed by atoms with E-state index in [1.807, 2.05) is 12.1 Å². The maximum atomic E-state index is 9.29. The van der Waals surface area contributed by atoms with Crippen LogP contribution in [0.25, 0.3) is 0 Å². The van der Waals surface area contributed by atoms with Crippen LogP contribution in [0.4, 0.5) is 0 Å². The van der Waals surface area contributed by atoms with Gasteiger partial charge in [-0.05, 0) is 29.9 Å². The third-order valence-electron chi connectivity index (χ3n) is 3.58. The molecule has 16 heavy (non-hydrogen) atoms. The van der Waals surface area contributed by atoms with Gasteiger partial charge < -0.3 is 5.73 Å². The smallest absolute Gasteiger partial charge is 0.0740 e. The number of benzene rings is 1. The summed E-state index contributed by atoms with van der Waals surface area (Å²) in [5.74, 6) is 0.642. The van der Waals surface area contributed by atoms with Crippen LogP contribution in [0.1, 0.15) is 42.7 Å². The Morgan fingerprint density at radius 2 is 1.88 bits per heavy atom. The predicted molar refractivity (Wildman–Crippen MR) is 64.6 cm³/mol. The molecule has 1 aliphatic rings. The van der Waals surface area contributed by atoms with Crippen LogP contribution in [0.15, 0.2) is 24.3 Å². The molecule has 0 amide bonds. The molecule has 0 aliphatic heterocycles. The van der Waals surface area contributed by atoms with Gasteiger partial charge in [-0.3, -0.25) is 0 Å². The summed E-state index contributed by atoms with van der Waals surface area (Å²) in [4.78, 5) is 0. The minimum atomic E-state index is 0.0781. The number of hydrogen-bond acceptors (Lipinski definition) is 2. The minimum absolute atomic E-state index is 0.0781. The van der Waals surface area contributed by atoms with Crippen molar-refractivity contribution in [3.63, 3.8) is 0 Å². The summed E-state index contributed by atoms with van der Waals surface area (Å²) in [5.41, 5.74) is 7.86. The fourth-order valence-electron chi connectivity index (χ4n) is 2.60. The van der Waals surface area contributed by atoms with E-state index in [2.05, 4.69) is 18.2 Å². The zero-order valence-electron chi connectivity index (χ0n) is 9.52. The van der Waals surface area contributed by atoms with E-state index in [-0.39, 0.29) is 5.92 Å². The molecule has 1 saturated carbocycles. The number of nitriles is 1. The molecule has 1 atom stereocenters. The van der Waals surface area contributed by atoms with Crippen molar-refractivity contribution in [2.24, 2.45) is 11.7 Å². The van der Waals surface area contributed by atoms with Crippen LogP contribution in [0, 0.1) is 17.2 Å². The average molecular weight is 214 g/mol. The van der Waals surface area contributed by atoms with Crippen molar-refractivity contribution in [3.05, 3.63) is 35.4 Å². The van der Waals surface area contributed by atoms with Gasteiger partial charge in [-0.25, -0.2) is 0 Å². The van der Waals surface area contributed by atoms with Crippen LogP contribution in [-0.4, -0.2) is 0 Å². The predicted octanol–water partition coefficient (Wildman–Crippen LogP) is 2.94. The van der Waals surface area contributed by atoms with Crippen molar-refractivity contribution in [1.29, 1.82) is 5.26 Å². The van der Waals surface area contributed by atoms with E-state index in [1.54, 1.807) is 0 Å². The Morgan fingerprint density at radius 1 is 1.25 bits per heavy atom. The van der Waals surface area contributed by atoms with Gasteiger partial charge in [0.1, 0.15) is 0 Å². The topological polar surface area (TPSA) is 49.8 Å². The Labute approximate surface area is 97.1 Å². The summed E-state index contributed by atoms with van der Waals surface area (Å²) < 4.78 is 0. The highest BCUT2D eigenvalue weighted by atomic mass is 14.5. The molecule has 1 aromatic rings. The van der Waals surface area contributed by atoms with Gasteiger partial charge in [-0.15, -0.1) is 0 Å². The molecule has 2 rings (SSSR count). The molecule has 2 nitrogen and oxygen atoms in total. The Morgan fingerprint density at radius 3 is 2.38 bits per heavy atom. The molecule has 0 bridgehead atoms. The Balaban J connectivity index is 2.16. The largest absolute Gasteiger partial charge is 0.326 e. The van der Waals surface area contributed by atoms with Gasteiger partial charge in [0.15, 0.2) is 0 Å². The zero-order chi connectivity index (χ0) is 11.4. The van der Waals surface area contributed by atoms with Crippen molar-refractivity contribution < 1.29 is 0 Å². The molecular weight excluding hydrogens is 196 g/mol. The van der Waals surface area contributed by atoms with E-state index in [4.69, 9.17) is 5.73 Å². The van der Waals surface area contributed by atoms with Gasteiger partial charge in [0.25, 0.3) is 0 Å². The van der Waals surface area contributed by atoms with E-state index >= 15 is 0 Å². The van der Waals surface area contributed by atoms with Crippen LogP contribution in [0.5, 0.6) is 0 Å². The summed E-state index contributed by atoms with van der Waals surface area (Å²) in [7, 11) is 0. The fourth-order valence-corrected chi connectivity index (χ4v) is 2.60. The first-order valence-corrected chi connectivity index (χ1v) is 6.03. The number of hydrogen-bond donors (Lipinski definition) is 1. The highest BCUT2D eigenvalue weighted by Gasteiger charge is 2.25. The van der Waals surface area contributed by atoms with E-state index in [0.29, 0.717) is 12.5 Å². The second kappa shape index (κ2) is 5.14. The minimum Gasteiger partial charge on any atom is -0.326 e. The molecule has 0 radical (unpaired) electrons. The first-order chi connectivity index (χ1) is 7.85. The SMILES string of the molecule is N#CC(c1ccc(CN)cc1)C1CCCC1. The first kappa shape index (κ1) is 11.2. The lowest BCUT2D eigenvalue weighted by Gasteiger charge is -2.16. The Bertz CT molecular complexity index is 369. The number of rotatable bonds is 3. The zero-order valence-corrected chi connectivity index (χ0v) is 9.52. The van der Waals surface area contributed by atoms with Crippen LogP contribution in [0.3, 0.4) is 0 Å². The molecule has 1 fully saturated rings. The lowest BCUT2D eigenvalue weighted by Crippen LogP contribution is -2.08. The summed E-state index contributed by atoms with van der Waals surface area (Å²) >= 11 is 0. The van der Waals surface area contributed by atoms with Crippen LogP contribution >= 0.6 is 0 Å². The average Bonchev–Trinajstić information content (AvgIpc) is 2.85. The van der Waals surface area contributed by atoms with E-state index in [9.17, 15) is 5.26 Å². The molecule has 0 heterocycles. The van der Waals surface area contributed by atoms with Crippen molar-refractivity contribution in [3.8, 4) is 6.07 Å². The van der Waals surface area contributed by atoms with Gasteiger partial charge in [0.05, 0.1) is 12.0 Å². The van der Waals surface area contributed by atoms with E-state index in [0.717, 1.165) is 11.1 Å².